The molecular weight excluding hydrogens is 382 g/mol. The van der Waals surface area contributed by atoms with Gasteiger partial charge in [0.15, 0.2) is 0 Å². The Morgan fingerprint density at radius 2 is 2.20 bits per heavy atom. The van der Waals surface area contributed by atoms with E-state index < -0.39 is 4.92 Å². The molecule has 0 bridgehead atoms. The van der Waals surface area contributed by atoms with Crippen molar-refractivity contribution in [1.29, 1.82) is 0 Å². The van der Waals surface area contributed by atoms with Crippen molar-refractivity contribution in [1.82, 2.24) is 10.3 Å². The number of hydrogen-bond donors (Lipinski definition) is 1. The van der Waals surface area contributed by atoms with Gasteiger partial charge in [0.2, 0.25) is 0 Å². The van der Waals surface area contributed by atoms with Crippen LogP contribution in [-0.2, 0) is 6.54 Å². The fourth-order valence-electron chi connectivity index (χ4n) is 2.16. The quantitative estimate of drug-likeness (QED) is 0.504. The molecule has 0 spiro atoms. The number of amides is 1. The average molecular weight is 394 g/mol. The summed E-state index contributed by atoms with van der Waals surface area (Å²) in [5.74, 6) is -0.384. The van der Waals surface area contributed by atoms with Crippen LogP contribution < -0.4 is 5.32 Å². The van der Waals surface area contributed by atoms with Gasteiger partial charge in [0.05, 0.1) is 32.6 Å². The molecule has 0 aliphatic rings. The third kappa shape index (κ3) is 3.87. The van der Waals surface area contributed by atoms with E-state index in [4.69, 9.17) is 11.6 Å². The molecule has 0 saturated heterocycles. The standard InChI is InChI=1S/C16H12ClN3O3S2/c1-9-14(25-16(19-9)13-3-2-6-24-13)8-18-15(21)11-5-4-10(20(22)23)7-12(11)17/h2-7H,8H2,1H3,(H,18,21). The number of aryl methyl sites for hydroxylation is 1. The minimum absolute atomic E-state index is 0.0481. The van der Waals surface area contributed by atoms with Gasteiger partial charge < -0.3 is 5.32 Å². The Balaban J connectivity index is 1.72. The van der Waals surface area contributed by atoms with Crippen LogP contribution in [0, 0.1) is 17.0 Å². The summed E-state index contributed by atoms with van der Waals surface area (Å²) in [4.78, 5) is 29.0. The number of rotatable bonds is 5. The van der Waals surface area contributed by atoms with Crippen molar-refractivity contribution in [3.8, 4) is 9.88 Å². The lowest BCUT2D eigenvalue weighted by molar-refractivity contribution is -0.384. The molecule has 25 heavy (non-hydrogen) atoms. The number of hydrogen-bond acceptors (Lipinski definition) is 6. The van der Waals surface area contributed by atoms with E-state index in [-0.39, 0.29) is 22.2 Å². The molecule has 6 nitrogen and oxygen atoms in total. The van der Waals surface area contributed by atoms with Crippen molar-refractivity contribution in [3.63, 3.8) is 0 Å². The number of nitro groups is 1. The van der Waals surface area contributed by atoms with E-state index in [1.165, 1.54) is 29.5 Å². The molecule has 0 unspecified atom stereocenters. The second-order valence-electron chi connectivity index (χ2n) is 5.11. The van der Waals surface area contributed by atoms with Crippen LogP contribution in [0.15, 0.2) is 35.7 Å². The number of benzene rings is 1. The summed E-state index contributed by atoms with van der Waals surface area (Å²) in [6.45, 7) is 2.22. The Morgan fingerprint density at radius 3 is 2.84 bits per heavy atom. The summed E-state index contributed by atoms with van der Waals surface area (Å²) in [5.41, 5.74) is 0.914. The number of nitro benzene ring substituents is 1. The van der Waals surface area contributed by atoms with Gasteiger partial charge >= 0.3 is 0 Å². The van der Waals surface area contributed by atoms with Crippen molar-refractivity contribution in [2.45, 2.75) is 13.5 Å². The number of nitrogens with one attached hydrogen (secondary N) is 1. The molecule has 1 N–H and O–H groups in total. The zero-order valence-electron chi connectivity index (χ0n) is 13.0. The molecule has 0 aliphatic heterocycles. The number of thiazole rings is 1. The van der Waals surface area contributed by atoms with E-state index in [2.05, 4.69) is 10.3 Å². The molecule has 2 aromatic heterocycles. The summed E-state index contributed by atoms with van der Waals surface area (Å²) in [7, 11) is 0. The van der Waals surface area contributed by atoms with E-state index >= 15 is 0 Å². The summed E-state index contributed by atoms with van der Waals surface area (Å²) < 4.78 is 0. The van der Waals surface area contributed by atoms with Crippen molar-refractivity contribution >= 4 is 45.9 Å². The first-order chi connectivity index (χ1) is 12.0. The molecule has 128 valence electrons. The first kappa shape index (κ1) is 17.5. The van der Waals surface area contributed by atoms with E-state index in [0.29, 0.717) is 6.54 Å². The maximum Gasteiger partial charge on any atom is 0.270 e. The molecule has 0 saturated carbocycles. The maximum atomic E-state index is 12.3. The molecule has 9 heteroatoms. The molecule has 3 aromatic rings. The third-order valence-corrected chi connectivity index (χ3v) is 5.95. The highest BCUT2D eigenvalue weighted by Crippen LogP contribution is 2.31. The summed E-state index contributed by atoms with van der Waals surface area (Å²) >= 11 is 9.12. The summed E-state index contributed by atoms with van der Waals surface area (Å²) in [5, 5.41) is 16.5. The van der Waals surface area contributed by atoms with E-state index in [1.54, 1.807) is 11.3 Å². The summed E-state index contributed by atoms with van der Waals surface area (Å²) in [6.07, 6.45) is 0. The second kappa shape index (κ2) is 7.30. The van der Waals surface area contributed by atoms with Gasteiger partial charge in [-0.2, -0.15) is 0 Å². The number of thiophene rings is 1. The molecule has 3 rings (SSSR count). The highest BCUT2D eigenvalue weighted by atomic mass is 35.5. The summed E-state index contributed by atoms with van der Waals surface area (Å²) in [6, 6.07) is 7.75. The minimum atomic E-state index is -0.555. The third-order valence-electron chi connectivity index (χ3n) is 3.44. The topological polar surface area (TPSA) is 85.1 Å². The molecule has 2 heterocycles. The Hall–Kier alpha value is -2.29. The average Bonchev–Trinajstić information content (AvgIpc) is 3.22. The molecule has 0 atom stereocenters. The van der Waals surface area contributed by atoms with Crippen LogP contribution in [0.3, 0.4) is 0 Å². The van der Waals surface area contributed by atoms with E-state index in [0.717, 1.165) is 20.5 Å². The Kier molecular flexibility index (Phi) is 5.12. The highest BCUT2D eigenvalue weighted by Gasteiger charge is 2.16. The molecule has 1 aromatic carbocycles. The predicted molar refractivity (Wildman–Crippen MR) is 99.4 cm³/mol. The fraction of sp³-hybridized carbons (Fsp3) is 0.125. The largest absolute Gasteiger partial charge is 0.347 e. The zero-order valence-corrected chi connectivity index (χ0v) is 15.4. The van der Waals surface area contributed by atoms with Crippen LogP contribution in [-0.4, -0.2) is 15.8 Å². The van der Waals surface area contributed by atoms with Gasteiger partial charge in [-0.15, -0.1) is 22.7 Å². The van der Waals surface area contributed by atoms with Crippen LogP contribution in [0.5, 0.6) is 0 Å². The lowest BCUT2D eigenvalue weighted by Gasteiger charge is -2.06. The Morgan fingerprint density at radius 1 is 1.40 bits per heavy atom. The Labute approximate surface area is 156 Å². The lowest BCUT2D eigenvalue weighted by Crippen LogP contribution is -2.23. The van der Waals surface area contributed by atoms with Crippen molar-refractivity contribution in [2.75, 3.05) is 0 Å². The van der Waals surface area contributed by atoms with Crippen LogP contribution in [0.25, 0.3) is 9.88 Å². The SMILES string of the molecule is Cc1nc(-c2cccs2)sc1CNC(=O)c1ccc([N+](=O)[O-])cc1Cl. The van der Waals surface area contributed by atoms with Crippen LogP contribution in [0.4, 0.5) is 5.69 Å². The normalized spacial score (nSPS) is 10.6. The molecule has 0 fully saturated rings. The first-order valence-electron chi connectivity index (χ1n) is 7.18. The monoisotopic (exact) mass is 393 g/mol. The number of nitrogens with zero attached hydrogens (tertiary/aromatic N) is 2. The number of carbonyl (C=O) groups is 1. The maximum absolute atomic E-state index is 12.3. The van der Waals surface area contributed by atoms with Gasteiger partial charge in [-0.3, -0.25) is 14.9 Å². The smallest absolute Gasteiger partial charge is 0.270 e. The lowest BCUT2D eigenvalue weighted by atomic mass is 10.2. The van der Waals surface area contributed by atoms with Gasteiger partial charge in [0.1, 0.15) is 5.01 Å². The minimum Gasteiger partial charge on any atom is -0.347 e. The second-order valence-corrected chi connectivity index (χ2v) is 7.55. The van der Waals surface area contributed by atoms with Crippen LogP contribution in [0.1, 0.15) is 20.9 Å². The molecular formula is C16H12ClN3O3S2. The van der Waals surface area contributed by atoms with Gasteiger partial charge in [-0.1, -0.05) is 17.7 Å². The Bertz CT molecular complexity index is 938. The molecule has 1 amide bonds. The van der Waals surface area contributed by atoms with Crippen molar-refractivity contribution in [2.24, 2.45) is 0 Å². The molecule has 0 aliphatic carbocycles. The zero-order chi connectivity index (χ0) is 18.0. The highest BCUT2D eigenvalue weighted by molar-refractivity contribution is 7.21. The fourth-order valence-corrected chi connectivity index (χ4v) is 4.21. The van der Waals surface area contributed by atoms with E-state index in [1.807, 2.05) is 24.4 Å². The number of aromatic nitrogens is 1. The van der Waals surface area contributed by atoms with Crippen LogP contribution >= 0.6 is 34.3 Å². The number of non-ortho nitro benzene ring substituents is 1. The molecule has 0 radical (unpaired) electrons. The first-order valence-corrected chi connectivity index (χ1v) is 9.25. The van der Waals surface area contributed by atoms with Crippen molar-refractivity contribution in [3.05, 3.63) is 67.0 Å². The van der Waals surface area contributed by atoms with Crippen LogP contribution in [0.2, 0.25) is 5.02 Å². The van der Waals surface area contributed by atoms with Gasteiger partial charge in [0.25, 0.3) is 11.6 Å². The number of halogens is 1. The number of carbonyl (C=O) groups excluding carboxylic acids is 1. The van der Waals surface area contributed by atoms with Crippen molar-refractivity contribution < 1.29 is 9.72 Å². The van der Waals surface area contributed by atoms with E-state index in [9.17, 15) is 14.9 Å². The van der Waals surface area contributed by atoms with Gasteiger partial charge in [-0.25, -0.2) is 4.98 Å². The predicted octanol–water partition coefficient (Wildman–Crippen LogP) is 4.67. The van der Waals surface area contributed by atoms with Gasteiger partial charge in [-0.05, 0) is 24.4 Å². The van der Waals surface area contributed by atoms with Gasteiger partial charge in [0, 0.05) is 17.0 Å².